The molecule has 1 heterocycles. The van der Waals surface area contributed by atoms with E-state index < -0.39 is 0 Å². The summed E-state index contributed by atoms with van der Waals surface area (Å²) in [5, 5.41) is 11.9. The predicted molar refractivity (Wildman–Crippen MR) is 112 cm³/mol. The molecular formula is C23H20N4O. The highest BCUT2D eigenvalue weighted by Crippen LogP contribution is 2.19. The van der Waals surface area contributed by atoms with Gasteiger partial charge in [0.15, 0.2) is 0 Å². The van der Waals surface area contributed by atoms with E-state index in [1.54, 1.807) is 10.9 Å². The normalized spacial score (nSPS) is 11.2. The number of carbonyl (C=O) groups is 1. The number of nitrogens with zero attached hydrogens (tertiary/aromatic N) is 3. The molecule has 138 valence electrons. The summed E-state index contributed by atoms with van der Waals surface area (Å²) in [6, 6.07) is 21.3. The maximum atomic E-state index is 12.2. The van der Waals surface area contributed by atoms with Crippen LogP contribution in [-0.2, 0) is 4.79 Å². The van der Waals surface area contributed by atoms with E-state index in [1.165, 1.54) is 17.2 Å². The molecule has 4 rings (SSSR count). The summed E-state index contributed by atoms with van der Waals surface area (Å²) in [7, 11) is 0. The fourth-order valence-corrected chi connectivity index (χ4v) is 2.88. The summed E-state index contributed by atoms with van der Waals surface area (Å²) in [6.45, 7) is 4.14. The number of anilines is 1. The molecule has 0 bridgehead atoms. The summed E-state index contributed by atoms with van der Waals surface area (Å²) in [4.78, 5) is 13.8. The molecule has 0 unspecified atom stereocenters. The summed E-state index contributed by atoms with van der Waals surface area (Å²) in [6.07, 6.45) is 3.30. The van der Waals surface area contributed by atoms with Gasteiger partial charge in [0.2, 0.25) is 5.91 Å². The third-order valence-corrected chi connectivity index (χ3v) is 4.60. The first-order chi connectivity index (χ1) is 13.6. The summed E-state index contributed by atoms with van der Waals surface area (Å²) < 4.78 is 0. The van der Waals surface area contributed by atoms with Crippen molar-refractivity contribution in [2.24, 2.45) is 0 Å². The molecule has 0 spiro atoms. The van der Waals surface area contributed by atoms with Gasteiger partial charge in [-0.1, -0.05) is 36.4 Å². The van der Waals surface area contributed by atoms with Gasteiger partial charge in [-0.2, -0.15) is 4.80 Å². The van der Waals surface area contributed by atoms with Crippen molar-refractivity contribution in [3.8, 4) is 5.69 Å². The Morgan fingerprint density at radius 1 is 0.893 bits per heavy atom. The van der Waals surface area contributed by atoms with E-state index in [-0.39, 0.29) is 5.91 Å². The van der Waals surface area contributed by atoms with Crippen molar-refractivity contribution in [3.05, 3.63) is 89.5 Å². The average Bonchev–Trinajstić information content (AvgIpc) is 3.13. The Bertz CT molecular complexity index is 1180. The van der Waals surface area contributed by atoms with Gasteiger partial charge in [0, 0.05) is 11.8 Å². The predicted octanol–water partition coefficient (Wildman–Crippen LogP) is 4.69. The Kier molecular flexibility index (Phi) is 4.72. The van der Waals surface area contributed by atoms with Crippen LogP contribution in [0, 0.1) is 13.8 Å². The molecule has 5 heteroatoms. The van der Waals surface area contributed by atoms with Crippen LogP contribution in [0.3, 0.4) is 0 Å². The average molecular weight is 368 g/mol. The number of benzene rings is 3. The molecule has 0 aliphatic rings. The zero-order valence-electron chi connectivity index (χ0n) is 15.8. The molecule has 0 atom stereocenters. The molecule has 4 aromatic rings. The zero-order valence-corrected chi connectivity index (χ0v) is 15.8. The molecule has 5 nitrogen and oxygen atoms in total. The molecule has 0 saturated carbocycles. The third-order valence-electron chi connectivity index (χ3n) is 4.60. The van der Waals surface area contributed by atoms with Gasteiger partial charge < -0.3 is 5.32 Å². The molecule has 1 N–H and O–H groups in total. The molecule has 0 radical (unpaired) electrons. The maximum absolute atomic E-state index is 12.2. The van der Waals surface area contributed by atoms with Gasteiger partial charge in [-0.25, -0.2) is 0 Å². The second-order valence-electron chi connectivity index (χ2n) is 6.69. The monoisotopic (exact) mass is 368 g/mol. The molecule has 0 saturated heterocycles. The number of amides is 1. The van der Waals surface area contributed by atoms with Gasteiger partial charge in [0.05, 0.1) is 5.69 Å². The SMILES string of the molecule is Cc1ccc(-n2nc3ccc(NC(=O)/C=C\c4ccccc4)cc3n2)cc1C. The molecule has 28 heavy (non-hydrogen) atoms. The van der Waals surface area contributed by atoms with Gasteiger partial charge in [-0.15, -0.1) is 10.2 Å². The number of fused-ring (bicyclic) bond motifs is 1. The molecule has 1 aromatic heterocycles. The first kappa shape index (κ1) is 17.7. The molecule has 0 aliphatic carbocycles. The smallest absolute Gasteiger partial charge is 0.248 e. The third kappa shape index (κ3) is 3.83. The summed E-state index contributed by atoms with van der Waals surface area (Å²) in [5.74, 6) is -0.190. The van der Waals surface area contributed by atoms with Gasteiger partial charge in [-0.05, 0) is 66.9 Å². The van der Waals surface area contributed by atoms with E-state index in [9.17, 15) is 4.79 Å². The highest BCUT2D eigenvalue weighted by atomic mass is 16.1. The fourth-order valence-electron chi connectivity index (χ4n) is 2.88. The van der Waals surface area contributed by atoms with Gasteiger partial charge >= 0.3 is 0 Å². The lowest BCUT2D eigenvalue weighted by Gasteiger charge is -2.03. The number of hydrogen-bond acceptors (Lipinski definition) is 3. The van der Waals surface area contributed by atoms with Crippen LogP contribution in [0.2, 0.25) is 0 Å². The Morgan fingerprint density at radius 2 is 1.68 bits per heavy atom. The summed E-state index contributed by atoms with van der Waals surface area (Å²) >= 11 is 0. The van der Waals surface area contributed by atoms with E-state index in [0.29, 0.717) is 5.69 Å². The van der Waals surface area contributed by atoms with Crippen LogP contribution in [0.25, 0.3) is 22.8 Å². The van der Waals surface area contributed by atoms with Crippen LogP contribution in [-0.4, -0.2) is 20.9 Å². The lowest BCUT2D eigenvalue weighted by Crippen LogP contribution is -2.07. The van der Waals surface area contributed by atoms with Crippen molar-refractivity contribution in [2.45, 2.75) is 13.8 Å². The van der Waals surface area contributed by atoms with Crippen molar-refractivity contribution >= 4 is 28.7 Å². The van der Waals surface area contributed by atoms with Gasteiger partial charge in [0.25, 0.3) is 0 Å². The minimum absolute atomic E-state index is 0.190. The Morgan fingerprint density at radius 3 is 2.46 bits per heavy atom. The van der Waals surface area contributed by atoms with Gasteiger partial charge in [0.1, 0.15) is 11.0 Å². The van der Waals surface area contributed by atoms with Crippen LogP contribution in [0.5, 0.6) is 0 Å². The highest BCUT2D eigenvalue weighted by molar-refractivity contribution is 6.02. The van der Waals surface area contributed by atoms with Crippen molar-refractivity contribution < 1.29 is 4.79 Å². The van der Waals surface area contributed by atoms with Crippen LogP contribution >= 0.6 is 0 Å². The first-order valence-corrected chi connectivity index (χ1v) is 9.07. The van der Waals surface area contributed by atoms with Crippen molar-refractivity contribution in [2.75, 3.05) is 5.32 Å². The van der Waals surface area contributed by atoms with E-state index in [0.717, 1.165) is 22.3 Å². The Labute approximate surface area is 163 Å². The van der Waals surface area contributed by atoms with Crippen LogP contribution in [0.4, 0.5) is 5.69 Å². The summed E-state index contributed by atoms with van der Waals surface area (Å²) in [5.41, 5.74) is 6.49. The van der Waals surface area contributed by atoms with Crippen molar-refractivity contribution in [3.63, 3.8) is 0 Å². The second-order valence-corrected chi connectivity index (χ2v) is 6.69. The van der Waals surface area contributed by atoms with Crippen LogP contribution < -0.4 is 5.32 Å². The number of rotatable bonds is 4. The topological polar surface area (TPSA) is 59.8 Å². The molecular weight excluding hydrogens is 348 g/mol. The van der Waals surface area contributed by atoms with Crippen molar-refractivity contribution in [1.29, 1.82) is 0 Å². The lowest BCUT2D eigenvalue weighted by molar-refractivity contribution is -0.111. The zero-order chi connectivity index (χ0) is 19.5. The van der Waals surface area contributed by atoms with Gasteiger partial charge in [-0.3, -0.25) is 4.79 Å². The number of hydrogen-bond donors (Lipinski definition) is 1. The number of nitrogens with one attached hydrogen (secondary N) is 1. The fraction of sp³-hybridized carbons (Fsp3) is 0.0870. The Hall–Kier alpha value is -3.73. The van der Waals surface area contributed by atoms with E-state index in [4.69, 9.17) is 0 Å². The lowest BCUT2D eigenvalue weighted by atomic mass is 10.1. The molecule has 1 amide bonds. The first-order valence-electron chi connectivity index (χ1n) is 9.07. The van der Waals surface area contributed by atoms with E-state index in [2.05, 4.69) is 41.5 Å². The number of aryl methyl sites for hydroxylation is 2. The number of aromatic nitrogens is 3. The number of carbonyl (C=O) groups excluding carboxylic acids is 1. The van der Waals surface area contributed by atoms with Crippen molar-refractivity contribution in [1.82, 2.24) is 15.0 Å². The van der Waals surface area contributed by atoms with Crippen LogP contribution in [0.15, 0.2) is 72.8 Å². The van der Waals surface area contributed by atoms with E-state index >= 15 is 0 Å². The second kappa shape index (κ2) is 7.48. The standard InChI is InChI=1S/C23H20N4O/c1-16-8-11-20(14-17(16)2)27-25-21-12-10-19(15-22(21)26-27)24-23(28)13-9-18-6-4-3-5-7-18/h3-15H,1-2H3,(H,24,28)/b13-9-. The minimum Gasteiger partial charge on any atom is -0.322 e. The Balaban J connectivity index is 1.53. The molecule has 0 aliphatic heterocycles. The maximum Gasteiger partial charge on any atom is 0.248 e. The highest BCUT2D eigenvalue weighted by Gasteiger charge is 2.07. The largest absolute Gasteiger partial charge is 0.322 e. The van der Waals surface area contributed by atoms with Crippen LogP contribution in [0.1, 0.15) is 16.7 Å². The van der Waals surface area contributed by atoms with E-state index in [1.807, 2.05) is 54.6 Å². The molecule has 0 fully saturated rings. The minimum atomic E-state index is -0.190. The molecule has 3 aromatic carbocycles. The quantitative estimate of drug-likeness (QED) is 0.532.